The van der Waals surface area contributed by atoms with E-state index in [1.54, 1.807) is 0 Å². The van der Waals surface area contributed by atoms with Gasteiger partial charge in [-0.2, -0.15) is 4.57 Å². The molecule has 4 heterocycles. The molecule has 0 aliphatic heterocycles. The average Bonchev–Trinajstić information content (AvgIpc) is 2.85. The number of hydrogen-bond donors (Lipinski definition) is 0. The lowest BCUT2D eigenvalue weighted by Crippen LogP contribution is -2.36. The predicted octanol–water partition coefficient (Wildman–Crippen LogP) is 5.46. The fraction of sp³-hybridized carbons (Fsp3) is 0.0370. The second-order valence-corrected chi connectivity index (χ2v) is 7.39. The summed E-state index contributed by atoms with van der Waals surface area (Å²) in [6.07, 6.45) is 11.0. The molecule has 0 spiro atoms. The molecule has 0 fully saturated rings. The lowest BCUT2D eigenvalue weighted by molar-refractivity contribution is -0.572. The van der Waals surface area contributed by atoms with Crippen LogP contribution < -0.4 is 4.57 Å². The molecule has 5 aromatic rings. The molecule has 0 unspecified atom stereocenters. The molecule has 148 valence electrons. The summed E-state index contributed by atoms with van der Waals surface area (Å²) in [5.74, 6) is 0. The van der Waals surface area contributed by atoms with Crippen LogP contribution in [0, 0.1) is 6.92 Å². The second-order valence-electron chi connectivity index (χ2n) is 7.39. The van der Waals surface area contributed by atoms with Crippen LogP contribution in [0.2, 0.25) is 0 Å². The van der Waals surface area contributed by atoms with Crippen molar-refractivity contribution in [2.24, 2.45) is 0 Å². The Morgan fingerprint density at radius 1 is 0.484 bits per heavy atom. The summed E-state index contributed by atoms with van der Waals surface area (Å²) in [5.41, 5.74) is 8.98. The number of aryl methyl sites for hydroxylation is 1. The summed E-state index contributed by atoms with van der Waals surface area (Å²) >= 11 is 0. The molecule has 0 aliphatic carbocycles. The third-order valence-corrected chi connectivity index (χ3v) is 5.32. The van der Waals surface area contributed by atoms with Crippen molar-refractivity contribution in [3.05, 3.63) is 116 Å². The Hall–Kier alpha value is -4.18. The zero-order chi connectivity index (χ0) is 21.0. The highest BCUT2D eigenvalue weighted by molar-refractivity contribution is 5.74. The van der Waals surface area contributed by atoms with Gasteiger partial charge in [-0.1, -0.05) is 17.7 Å². The highest BCUT2D eigenvalue weighted by Crippen LogP contribution is 2.30. The highest BCUT2D eigenvalue weighted by Gasteiger charge is 2.24. The molecule has 0 saturated carbocycles. The Kier molecular flexibility index (Phi) is 5.03. The van der Waals surface area contributed by atoms with Gasteiger partial charge in [0.1, 0.15) is 0 Å². The molecular weight excluding hydrogens is 380 g/mol. The Balaban J connectivity index is 1.87. The van der Waals surface area contributed by atoms with Crippen LogP contribution in [0.3, 0.4) is 0 Å². The maximum Gasteiger partial charge on any atom is 0.219 e. The Labute approximate surface area is 181 Å². The van der Waals surface area contributed by atoms with Crippen molar-refractivity contribution in [1.29, 1.82) is 0 Å². The summed E-state index contributed by atoms with van der Waals surface area (Å²) in [6, 6.07) is 25.4. The van der Waals surface area contributed by atoms with E-state index >= 15 is 0 Å². The molecule has 0 amide bonds. The van der Waals surface area contributed by atoms with Gasteiger partial charge in [0, 0.05) is 72.6 Å². The first kappa shape index (κ1) is 18.8. The van der Waals surface area contributed by atoms with Crippen molar-refractivity contribution in [1.82, 2.24) is 15.0 Å². The standard InChI is InChI=1S/C27H21N4/c1-20-2-4-22(5-3-20)26-18-24(21-6-12-28-13-7-21)19-27(23-8-14-29-15-9-23)31(26)25-10-16-30-17-11-25/h2-19H,1H3/q+1. The smallest absolute Gasteiger partial charge is 0.219 e. The Morgan fingerprint density at radius 2 is 0.935 bits per heavy atom. The first-order valence-corrected chi connectivity index (χ1v) is 10.2. The Bertz CT molecular complexity index is 1300. The van der Waals surface area contributed by atoms with Gasteiger partial charge in [-0.3, -0.25) is 15.0 Å². The second kappa shape index (κ2) is 8.28. The monoisotopic (exact) mass is 401 g/mol. The van der Waals surface area contributed by atoms with E-state index in [2.05, 4.69) is 62.8 Å². The average molecular weight is 401 g/mol. The third-order valence-electron chi connectivity index (χ3n) is 5.32. The topological polar surface area (TPSA) is 42.5 Å². The number of nitrogens with zero attached hydrogens (tertiary/aromatic N) is 4. The van der Waals surface area contributed by atoms with E-state index in [1.807, 2.05) is 73.6 Å². The molecule has 1 aromatic carbocycles. The van der Waals surface area contributed by atoms with E-state index in [9.17, 15) is 0 Å². The molecule has 4 nitrogen and oxygen atoms in total. The molecule has 0 atom stereocenters. The van der Waals surface area contributed by atoms with Crippen molar-refractivity contribution in [2.45, 2.75) is 6.92 Å². The Morgan fingerprint density at radius 3 is 1.48 bits per heavy atom. The number of aromatic nitrogens is 4. The third kappa shape index (κ3) is 3.83. The largest absolute Gasteiger partial charge is 0.265 e. The van der Waals surface area contributed by atoms with Gasteiger partial charge in [0.2, 0.25) is 17.1 Å². The van der Waals surface area contributed by atoms with E-state index in [1.165, 1.54) is 5.56 Å². The number of rotatable bonds is 4. The number of pyridine rings is 4. The van der Waals surface area contributed by atoms with Gasteiger partial charge in [0.25, 0.3) is 0 Å². The van der Waals surface area contributed by atoms with Gasteiger partial charge < -0.3 is 0 Å². The van der Waals surface area contributed by atoms with Crippen molar-refractivity contribution < 1.29 is 4.57 Å². The van der Waals surface area contributed by atoms with Crippen LogP contribution >= 0.6 is 0 Å². The van der Waals surface area contributed by atoms with E-state index in [4.69, 9.17) is 0 Å². The fourth-order valence-electron chi connectivity index (χ4n) is 3.75. The summed E-state index contributed by atoms with van der Waals surface area (Å²) in [4.78, 5) is 12.6. The molecule has 4 heteroatoms. The van der Waals surface area contributed by atoms with Crippen molar-refractivity contribution in [3.8, 4) is 39.3 Å². The maximum atomic E-state index is 4.22. The summed E-state index contributed by atoms with van der Waals surface area (Å²) in [5, 5.41) is 0. The molecule has 0 bridgehead atoms. The fourth-order valence-corrected chi connectivity index (χ4v) is 3.75. The summed E-state index contributed by atoms with van der Waals surface area (Å²) in [6.45, 7) is 2.11. The molecule has 0 radical (unpaired) electrons. The van der Waals surface area contributed by atoms with Gasteiger partial charge in [-0.05, 0) is 54.4 Å². The summed E-state index contributed by atoms with van der Waals surface area (Å²) in [7, 11) is 0. The zero-order valence-corrected chi connectivity index (χ0v) is 17.2. The van der Waals surface area contributed by atoms with Crippen LogP contribution in [0.4, 0.5) is 0 Å². The van der Waals surface area contributed by atoms with Crippen LogP contribution in [0.1, 0.15) is 5.56 Å². The van der Waals surface area contributed by atoms with Crippen LogP contribution in [0.25, 0.3) is 39.3 Å². The molecule has 31 heavy (non-hydrogen) atoms. The molecule has 0 saturated heterocycles. The lowest BCUT2D eigenvalue weighted by atomic mass is 9.99. The molecular formula is C27H21N4+. The van der Waals surface area contributed by atoms with E-state index in [0.29, 0.717) is 0 Å². The minimum Gasteiger partial charge on any atom is -0.265 e. The lowest BCUT2D eigenvalue weighted by Gasteiger charge is -2.12. The molecule has 0 N–H and O–H groups in total. The summed E-state index contributed by atoms with van der Waals surface area (Å²) < 4.78 is 2.28. The van der Waals surface area contributed by atoms with E-state index in [-0.39, 0.29) is 0 Å². The normalized spacial score (nSPS) is 10.7. The zero-order valence-electron chi connectivity index (χ0n) is 17.2. The first-order chi connectivity index (χ1) is 15.3. The SMILES string of the molecule is Cc1ccc(-c2cc(-c3ccncc3)cc(-c3ccncc3)[n+]2-c2ccncc2)cc1. The van der Waals surface area contributed by atoms with Crippen LogP contribution in [-0.4, -0.2) is 15.0 Å². The number of hydrogen-bond acceptors (Lipinski definition) is 3. The minimum atomic E-state index is 1.05. The van der Waals surface area contributed by atoms with Crippen molar-refractivity contribution >= 4 is 0 Å². The van der Waals surface area contributed by atoms with Crippen molar-refractivity contribution in [3.63, 3.8) is 0 Å². The van der Waals surface area contributed by atoms with Gasteiger partial charge >= 0.3 is 0 Å². The van der Waals surface area contributed by atoms with Gasteiger partial charge in [0.05, 0.1) is 0 Å². The highest BCUT2D eigenvalue weighted by atomic mass is 15.0. The van der Waals surface area contributed by atoms with E-state index in [0.717, 1.165) is 39.3 Å². The van der Waals surface area contributed by atoms with E-state index < -0.39 is 0 Å². The predicted molar refractivity (Wildman–Crippen MR) is 122 cm³/mol. The maximum absolute atomic E-state index is 4.22. The number of benzene rings is 1. The molecule has 0 aliphatic rings. The van der Waals surface area contributed by atoms with Crippen LogP contribution in [-0.2, 0) is 0 Å². The first-order valence-electron chi connectivity index (χ1n) is 10.2. The van der Waals surface area contributed by atoms with Crippen LogP contribution in [0.5, 0.6) is 0 Å². The quantitative estimate of drug-likeness (QED) is 0.376. The molecule has 4 aromatic heterocycles. The van der Waals surface area contributed by atoms with Gasteiger partial charge in [-0.25, -0.2) is 0 Å². The minimum absolute atomic E-state index is 1.05. The molecule has 5 rings (SSSR count). The van der Waals surface area contributed by atoms with Gasteiger partial charge in [-0.15, -0.1) is 0 Å². The van der Waals surface area contributed by atoms with Crippen molar-refractivity contribution in [2.75, 3.05) is 0 Å². The van der Waals surface area contributed by atoms with Crippen LogP contribution in [0.15, 0.2) is 110 Å². The van der Waals surface area contributed by atoms with Gasteiger partial charge in [0.15, 0.2) is 0 Å².